The van der Waals surface area contributed by atoms with Gasteiger partial charge in [-0.05, 0) is 0 Å². The van der Waals surface area contributed by atoms with Gasteiger partial charge in [0.25, 0.3) is 0 Å². The zero-order valence-electron chi connectivity index (χ0n) is 10.1. The topological polar surface area (TPSA) is 18.5 Å². The third-order valence-electron chi connectivity index (χ3n) is 3.78. The highest BCUT2D eigenvalue weighted by atomic mass is 16.5. The molecule has 0 atom stereocenters. The molecular formula is C11H24N2O2+2. The fraction of sp³-hybridized carbons (Fsp3) is 1.00. The summed E-state index contributed by atoms with van der Waals surface area (Å²) in [6.07, 6.45) is 0. The second kappa shape index (κ2) is 4.37. The molecule has 0 aromatic rings. The summed E-state index contributed by atoms with van der Waals surface area (Å²) < 4.78 is 13.2. The highest BCUT2D eigenvalue weighted by Gasteiger charge is 2.36. The summed E-state index contributed by atoms with van der Waals surface area (Å²) >= 11 is 0. The number of rotatable bonds is 2. The minimum Gasteiger partial charge on any atom is -0.370 e. The smallest absolute Gasteiger partial charge is 0.207 e. The van der Waals surface area contributed by atoms with Crippen molar-refractivity contribution in [3.63, 3.8) is 0 Å². The molecule has 2 aliphatic heterocycles. The summed E-state index contributed by atoms with van der Waals surface area (Å²) in [6, 6.07) is 0. The molecule has 0 radical (unpaired) electrons. The van der Waals surface area contributed by atoms with E-state index in [1.165, 1.54) is 6.67 Å². The average Bonchev–Trinajstić information content (AvgIpc) is 2.18. The normalized spacial score (nSPS) is 30.0. The predicted octanol–water partition coefficient (Wildman–Crippen LogP) is -0.102. The number of morpholine rings is 2. The molecule has 0 aromatic carbocycles. The van der Waals surface area contributed by atoms with Crippen molar-refractivity contribution in [2.45, 2.75) is 0 Å². The van der Waals surface area contributed by atoms with Gasteiger partial charge < -0.3 is 9.47 Å². The largest absolute Gasteiger partial charge is 0.370 e. The Bertz CT molecular complexity index is 187. The van der Waals surface area contributed by atoms with Crippen LogP contribution in [-0.2, 0) is 9.47 Å². The van der Waals surface area contributed by atoms with Crippen LogP contribution in [0.15, 0.2) is 0 Å². The quantitative estimate of drug-likeness (QED) is 0.600. The minimum absolute atomic E-state index is 0.924. The predicted molar refractivity (Wildman–Crippen MR) is 58.3 cm³/mol. The third kappa shape index (κ3) is 2.91. The van der Waals surface area contributed by atoms with Crippen molar-refractivity contribution in [1.82, 2.24) is 0 Å². The van der Waals surface area contributed by atoms with Crippen LogP contribution in [0, 0.1) is 0 Å². The van der Waals surface area contributed by atoms with E-state index in [1.807, 2.05) is 0 Å². The number of ether oxygens (including phenoxy) is 2. The van der Waals surface area contributed by atoms with Crippen molar-refractivity contribution in [2.75, 3.05) is 73.4 Å². The van der Waals surface area contributed by atoms with Gasteiger partial charge in [-0.15, -0.1) is 0 Å². The lowest BCUT2D eigenvalue weighted by Gasteiger charge is -2.45. The molecule has 0 aromatic heterocycles. The monoisotopic (exact) mass is 216 g/mol. The maximum Gasteiger partial charge on any atom is 0.207 e. The van der Waals surface area contributed by atoms with Crippen molar-refractivity contribution >= 4 is 0 Å². The van der Waals surface area contributed by atoms with Gasteiger partial charge in [-0.3, -0.25) is 8.97 Å². The zero-order chi connectivity index (χ0) is 10.8. The Kier molecular flexibility index (Phi) is 3.30. The lowest BCUT2D eigenvalue weighted by Crippen LogP contribution is -2.65. The number of likely N-dealkylation sites (N-methyl/N-ethyl adjacent to an activating group) is 2. The van der Waals surface area contributed by atoms with Gasteiger partial charge in [-0.1, -0.05) is 0 Å². The summed E-state index contributed by atoms with van der Waals surface area (Å²) in [5.41, 5.74) is 0. The lowest BCUT2D eigenvalue weighted by atomic mass is 10.3. The van der Waals surface area contributed by atoms with E-state index < -0.39 is 0 Å². The van der Waals surface area contributed by atoms with Gasteiger partial charge in [-0.25, -0.2) is 0 Å². The Labute approximate surface area is 92.5 Å². The lowest BCUT2D eigenvalue weighted by molar-refractivity contribution is -1.09. The van der Waals surface area contributed by atoms with Crippen molar-refractivity contribution in [3.8, 4) is 0 Å². The van der Waals surface area contributed by atoms with Gasteiger partial charge in [-0.2, -0.15) is 0 Å². The fourth-order valence-electron chi connectivity index (χ4n) is 2.67. The van der Waals surface area contributed by atoms with E-state index in [2.05, 4.69) is 14.1 Å². The Morgan fingerprint density at radius 2 is 1.07 bits per heavy atom. The molecule has 88 valence electrons. The molecule has 2 saturated heterocycles. The molecule has 0 amide bonds. The Hall–Kier alpha value is -0.160. The number of nitrogens with zero attached hydrogens (tertiary/aromatic N) is 2. The van der Waals surface area contributed by atoms with E-state index in [4.69, 9.17) is 9.47 Å². The van der Waals surface area contributed by atoms with Crippen LogP contribution in [0.5, 0.6) is 0 Å². The van der Waals surface area contributed by atoms with Crippen LogP contribution >= 0.6 is 0 Å². The van der Waals surface area contributed by atoms with Crippen LogP contribution in [0.3, 0.4) is 0 Å². The van der Waals surface area contributed by atoms with Crippen molar-refractivity contribution in [1.29, 1.82) is 0 Å². The minimum atomic E-state index is 0.924. The Morgan fingerprint density at radius 1 is 0.733 bits per heavy atom. The zero-order valence-corrected chi connectivity index (χ0v) is 10.1. The molecule has 0 spiro atoms. The first kappa shape index (κ1) is 11.3. The Morgan fingerprint density at radius 3 is 1.40 bits per heavy atom. The van der Waals surface area contributed by atoms with Gasteiger partial charge >= 0.3 is 0 Å². The number of hydrogen-bond acceptors (Lipinski definition) is 2. The van der Waals surface area contributed by atoms with Crippen LogP contribution in [0.4, 0.5) is 0 Å². The first-order valence-electron chi connectivity index (χ1n) is 5.95. The molecule has 0 unspecified atom stereocenters. The summed E-state index contributed by atoms with van der Waals surface area (Å²) in [4.78, 5) is 0. The Balaban J connectivity index is 1.93. The van der Waals surface area contributed by atoms with Gasteiger partial charge in [0.1, 0.15) is 26.2 Å². The maximum absolute atomic E-state index is 5.44. The van der Waals surface area contributed by atoms with Crippen LogP contribution in [0.1, 0.15) is 0 Å². The van der Waals surface area contributed by atoms with Crippen molar-refractivity contribution in [3.05, 3.63) is 0 Å². The number of quaternary nitrogens is 2. The maximum atomic E-state index is 5.44. The first-order valence-corrected chi connectivity index (χ1v) is 5.95. The molecule has 2 fully saturated rings. The van der Waals surface area contributed by atoms with Gasteiger partial charge in [0, 0.05) is 0 Å². The van der Waals surface area contributed by atoms with E-state index in [9.17, 15) is 0 Å². The SMILES string of the molecule is C[N+]1(C[N+]2(C)CCOCC2)CCOCC1. The molecule has 15 heavy (non-hydrogen) atoms. The summed E-state index contributed by atoms with van der Waals surface area (Å²) in [6.45, 7) is 9.57. The van der Waals surface area contributed by atoms with Crippen LogP contribution in [0.2, 0.25) is 0 Å². The second-order valence-electron chi connectivity index (χ2n) is 5.50. The fourth-order valence-corrected chi connectivity index (χ4v) is 2.67. The average molecular weight is 216 g/mol. The highest BCUT2D eigenvalue weighted by molar-refractivity contribution is 4.47. The van der Waals surface area contributed by atoms with E-state index in [0.717, 1.165) is 61.6 Å². The summed E-state index contributed by atoms with van der Waals surface area (Å²) in [7, 11) is 4.73. The van der Waals surface area contributed by atoms with E-state index >= 15 is 0 Å². The molecule has 0 bridgehead atoms. The molecule has 2 heterocycles. The molecule has 4 nitrogen and oxygen atoms in total. The van der Waals surface area contributed by atoms with E-state index in [0.29, 0.717) is 0 Å². The van der Waals surface area contributed by atoms with Gasteiger partial charge in [0.05, 0.1) is 40.5 Å². The number of hydrogen-bond donors (Lipinski definition) is 0. The summed E-state index contributed by atoms with van der Waals surface area (Å²) in [5, 5.41) is 0. The van der Waals surface area contributed by atoms with Crippen molar-refractivity contribution in [2.24, 2.45) is 0 Å². The first-order chi connectivity index (χ1) is 7.12. The van der Waals surface area contributed by atoms with Crippen molar-refractivity contribution < 1.29 is 18.4 Å². The molecule has 2 rings (SSSR count). The van der Waals surface area contributed by atoms with E-state index in [-0.39, 0.29) is 0 Å². The molecule has 0 saturated carbocycles. The molecular weight excluding hydrogens is 192 g/mol. The molecule has 2 aliphatic rings. The molecule has 0 aliphatic carbocycles. The molecule has 4 heteroatoms. The van der Waals surface area contributed by atoms with Gasteiger partial charge in [0.2, 0.25) is 6.67 Å². The van der Waals surface area contributed by atoms with Crippen LogP contribution in [0.25, 0.3) is 0 Å². The third-order valence-corrected chi connectivity index (χ3v) is 3.78. The van der Waals surface area contributed by atoms with Crippen LogP contribution < -0.4 is 0 Å². The highest BCUT2D eigenvalue weighted by Crippen LogP contribution is 2.15. The van der Waals surface area contributed by atoms with E-state index in [1.54, 1.807) is 0 Å². The second-order valence-corrected chi connectivity index (χ2v) is 5.50. The van der Waals surface area contributed by atoms with Gasteiger partial charge in [0.15, 0.2) is 0 Å². The van der Waals surface area contributed by atoms with Crippen LogP contribution in [-0.4, -0.2) is 82.3 Å². The standard InChI is InChI=1S/C11H24N2O2/c1-12(3-7-14-8-4-12)11-13(2)5-9-15-10-6-13/h3-11H2,1-2H3/q+2. The summed E-state index contributed by atoms with van der Waals surface area (Å²) in [5.74, 6) is 0. The molecule has 0 N–H and O–H groups in total.